The van der Waals surface area contributed by atoms with E-state index in [9.17, 15) is 4.79 Å². The lowest BCUT2D eigenvalue weighted by atomic mass is 10.0. The van der Waals surface area contributed by atoms with E-state index in [-0.39, 0.29) is 11.8 Å². The van der Waals surface area contributed by atoms with Gasteiger partial charge in [0, 0.05) is 12.3 Å². The number of allylic oxidation sites excluding steroid dienone is 1. The second-order valence-electron chi connectivity index (χ2n) is 2.92. The van der Waals surface area contributed by atoms with Gasteiger partial charge in [0.2, 0.25) is 0 Å². The number of aliphatic imine (C=N–C) groups is 1. The smallest absolute Gasteiger partial charge is 0.157 e. The van der Waals surface area contributed by atoms with Gasteiger partial charge >= 0.3 is 0 Å². The Kier molecular flexibility index (Phi) is 1.57. The summed E-state index contributed by atoms with van der Waals surface area (Å²) in [5, 5.41) is 0.460. The average molecular weight is 170 g/mol. The van der Waals surface area contributed by atoms with E-state index < -0.39 is 0 Å². The number of carbonyl (C=O) groups is 1. The molecule has 0 bridgehead atoms. The Morgan fingerprint density at radius 3 is 3.27 bits per heavy atom. The number of ketones is 1. The summed E-state index contributed by atoms with van der Waals surface area (Å²) in [6.07, 6.45) is 5.37. The molecule has 1 aliphatic carbocycles. The standard InChI is InChI=1S/C8H8ClNO/c9-7-4-2-5-1-3-6(11)8(5)10-7/h2,4-5,8H,1,3H2. The highest BCUT2D eigenvalue weighted by molar-refractivity contribution is 6.68. The Labute approximate surface area is 70.0 Å². The van der Waals surface area contributed by atoms with Crippen LogP contribution in [0.15, 0.2) is 17.1 Å². The van der Waals surface area contributed by atoms with Crippen molar-refractivity contribution in [3.8, 4) is 0 Å². The summed E-state index contributed by atoms with van der Waals surface area (Å²) < 4.78 is 0. The summed E-state index contributed by atoms with van der Waals surface area (Å²) >= 11 is 5.66. The fraction of sp³-hybridized carbons (Fsp3) is 0.500. The van der Waals surface area contributed by atoms with Gasteiger partial charge in [-0.25, -0.2) is 0 Å². The number of carbonyl (C=O) groups excluding carboxylic acids is 1. The summed E-state index contributed by atoms with van der Waals surface area (Å²) in [5.41, 5.74) is 0. The zero-order valence-electron chi connectivity index (χ0n) is 5.96. The second-order valence-corrected chi connectivity index (χ2v) is 3.31. The maximum atomic E-state index is 11.2. The zero-order chi connectivity index (χ0) is 7.84. The predicted molar refractivity (Wildman–Crippen MR) is 43.9 cm³/mol. The first-order valence-electron chi connectivity index (χ1n) is 3.71. The first-order valence-corrected chi connectivity index (χ1v) is 4.09. The number of nitrogens with zero attached hydrogens (tertiary/aromatic N) is 1. The van der Waals surface area contributed by atoms with Crippen LogP contribution in [0.4, 0.5) is 0 Å². The molecule has 58 valence electrons. The molecule has 2 atom stereocenters. The molecule has 0 radical (unpaired) electrons. The minimum Gasteiger partial charge on any atom is -0.297 e. The normalized spacial score (nSPS) is 35.4. The Bertz CT molecular complexity index is 257. The number of fused-ring (bicyclic) bond motifs is 1. The topological polar surface area (TPSA) is 29.4 Å². The van der Waals surface area contributed by atoms with E-state index in [0.29, 0.717) is 17.5 Å². The maximum Gasteiger partial charge on any atom is 0.157 e. The molecule has 11 heavy (non-hydrogen) atoms. The molecule has 1 saturated carbocycles. The van der Waals surface area contributed by atoms with Gasteiger partial charge in [0.05, 0.1) is 0 Å². The molecule has 0 amide bonds. The Morgan fingerprint density at radius 1 is 1.64 bits per heavy atom. The van der Waals surface area contributed by atoms with Crippen molar-refractivity contribution in [2.75, 3.05) is 0 Å². The van der Waals surface area contributed by atoms with Crippen LogP contribution in [-0.2, 0) is 4.79 Å². The number of Topliss-reactive ketones (excluding diaryl/α,β-unsaturated/α-hetero) is 1. The van der Waals surface area contributed by atoms with E-state index in [1.165, 1.54) is 0 Å². The van der Waals surface area contributed by atoms with Crippen molar-refractivity contribution in [3.63, 3.8) is 0 Å². The lowest BCUT2D eigenvalue weighted by Crippen LogP contribution is -2.21. The fourth-order valence-corrected chi connectivity index (χ4v) is 1.78. The van der Waals surface area contributed by atoms with Gasteiger partial charge in [-0.3, -0.25) is 9.79 Å². The first-order chi connectivity index (χ1) is 5.27. The average Bonchev–Trinajstić information content (AvgIpc) is 2.33. The van der Waals surface area contributed by atoms with Crippen LogP contribution in [0.3, 0.4) is 0 Å². The second kappa shape index (κ2) is 2.45. The van der Waals surface area contributed by atoms with Crippen molar-refractivity contribution in [2.45, 2.75) is 18.9 Å². The molecule has 2 unspecified atom stereocenters. The number of halogens is 1. The molecule has 0 saturated heterocycles. The van der Waals surface area contributed by atoms with Crippen LogP contribution in [0.25, 0.3) is 0 Å². The van der Waals surface area contributed by atoms with E-state index in [1.54, 1.807) is 6.08 Å². The van der Waals surface area contributed by atoms with E-state index >= 15 is 0 Å². The largest absolute Gasteiger partial charge is 0.297 e. The zero-order valence-corrected chi connectivity index (χ0v) is 6.71. The van der Waals surface area contributed by atoms with Gasteiger partial charge in [0.15, 0.2) is 5.78 Å². The van der Waals surface area contributed by atoms with Gasteiger partial charge in [-0.05, 0) is 12.5 Å². The van der Waals surface area contributed by atoms with Gasteiger partial charge in [-0.2, -0.15) is 0 Å². The lowest BCUT2D eigenvalue weighted by Gasteiger charge is -2.13. The maximum absolute atomic E-state index is 11.2. The highest BCUT2D eigenvalue weighted by Crippen LogP contribution is 2.29. The van der Waals surface area contributed by atoms with Crippen LogP contribution >= 0.6 is 11.6 Å². The third kappa shape index (κ3) is 1.11. The van der Waals surface area contributed by atoms with Gasteiger partial charge in [0.25, 0.3) is 0 Å². The van der Waals surface area contributed by atoms with Crippen LogP contribution in [0, 0.1) is 5.92 Å². The molecule has 2 aliphatic rings. The SMILES string of the molecule is O=C1CCC2C=CC(Cl)=NC12. The molecule has 0 aromatic heterocycles. The number of hydrogen-bond donors (Lipinski definition) is 0. The van der Waals surface area contributed by atoms with Crippen molar-refractivity contribution in [1.82, 2.24) is 0 Å². The Balaban J connectivity index is 2.29. The first kappa shape index (κ1) is 7.04. The van der Waals surface area contributed by atoms with Crippen LogP contribution in [0.5, 0.6) is 0 Å². The van der Waals surface area contributed by atoms with E-state index in [0.717, 1.165) is 6.42 Å². The molecule has 1 heterocycles. The van der Waals surface area contributed by atoms with E-state index in [4.69, 9.17) is 11.6 Å². The number of hydrogen-bond acceptors (Lipinski definition) is 2. The summed E-state index contributed by atoms with van der Waals surface area (Å²) in [6.45, 7) is 0. The quantitative estimate of drug-likeness (QED) is 0.541. The molecule has 2 rings (SSSR count). The highest BCUT2D eigenvalue weighted by Gasteiger charge is 2.34. The van der Waals surface area contributed by atoms with Crippen molar-refractivity contribution in [3.05, 3.63) is 12.2 Å². The lowest BCUT2D eigenvalue weighted by molar-refractivity contribution is -0.118. The monoisotopic (exact) mass is 169 g/mol. The van der Waals surface area contributed by atoms with Crippen LogP contribution in [0.1, 0.15) is 12.8 Å². The predicted octanol–water partition coefficient (Wildman–Crippen LogP) is 1.54. The molecule has 0 aromatic rings. The molecule has 1 aliphatic heterocycles. The summed E-state index contributed by atoms with van der Waals surface area (Å²) in [5.74, 6) is 0.558. The number of rotatable bonds is 0. The summed E-state index contributed by atoms with van der Waals surface area (Å²) in [7, 11) is 0. The Hall–Kier alpha value is -0.630. The summed E-state index contributed by atoms with van der Waals surface area (Å²) in [6, 6.07) is -0.160. The van der Waals surface area contributed by atoms with Gasteiger partial charge in [0.1, 0.15) is 11.2 Å². The van der Waals surface area contributed by atoms with Gasteiger partial charge in [-0.15, -0.1) is 0 Å². The third-order valence-corrected chi connectivity index (χ3v) is 2.43. The molecule has 1 fully saturated rings. The molecule has 0 spiro atoms. The van der Waals surface area contributed by atoms with Gasteiger partial charge < -0.3 is 0 Å². The Morgan fingerprint density at radius 2 is 2.45 bits per heavy atom. The molecule has 0 aromatic carbocycles. The van der Waals surface area contributed by atoms with Crippen LogP contribution < -0.4 is 0 Å². The van der Waals surface area contributed by atoms with E-state index in [2.05, 4.69) is 4.99 Å². The van der Waals surface area contributed by atoms with Crippen molar-refractivity contribution < 1.29 is 4.79 Å². The third-order valence-electron chi connectivity index (χ3n) is 2.20. The number of dihydropyridines is 1. The summed E-state index contributed by atoms with van der Waals surface area (Å²) in [4.78, 5) is 15.2. The molecular weight excluding hydrogens is 162 g/mol. The van der Waals surface area contributed by atoms with Crippen molar-refractivity contribution >= 4 is 22.6 Å². The van der Waals surface area contributed by atoms with Crippen molar-refractivity contribution in [2.24, 2.45) is 10.9 Å². The molecule has 3 heteroatoms. The van der Waals surface area contributed by atoms with Gasteiger partial charge in [-0.1, -0.05) is 17.7 Å². The molecular formula is C8H8ClNO. The van der Waals surface area contributed by atoms with Crippen LogP contribution in [-0.4, -0.2) is 17.0 Å². The van der Waals surface area contributed by atoms with Crippen molar-refractivity contribution in [1.29, 1.82) is 0 Å². The molecule has 2 nitrogen and oxygen atoms in total. The minimum absolute atomic E-state index is 0.160. The highest BCUT2D eigenvalue weighted by atomic mass is 35.5. The van der Waals surface area contributed by atoms with Crippen LogP contribution in [0.2, 0.25) is 0 Å². The minimum atomic E-state index is -0.160. The van der Waals surface area contributed by atoms with E-state index in [1.807, 2.05) is 6.08 Å². The molecule has 0 N–H and O–H groups in total. The fourth-order valence-electron chi connectivity index (χ4n) is 1.60.